The molecule has 4 heteroatoms. The van der Waals surface area contributed by atoms with Crippen LogP contribution in [0, 0.1) is 0 Å². The molecule has 0 aromatic rings. The molecule has 1 fully saturated rings. The first-order valence-corrected chi connectivity index (χ1v) is 8.32. The molecule has 10 heavy (non-hydrogen) atoms. The molecular weight excluding hydrogens is 135 g/mol. The molecule has 0 aromatic heterocycles. The quantitative estimate of drug-likeness (QED) is 0.348. The molecule has 0 atom stereocenters. The van der Waals surface area contributed by atoms with Gasteiger partial charge in [0.15, 0.2) is 0 Å². The Morgan fingerprint density at radius 3 is 2.20 bits per heavy atom. The van der Waals surface area contributed by atoms with E-state index in [2.05, 4.69) is 26.8 Å². The Morgan fingerprint density at radius 2 is 1.90 bits per heavy atom. The molecule has 0 nitrogen and oxygen atoms in total. The second kappa shape index (κ2) is 2.30. The van der Waals surface area contributed by atoms with Crippen LogP contribution in [0.3, 0.4) is 0 Å². The summed E-state index contributed by atoms with van der Waals surface area (Å²) in [6.45, 7) is 9.94. The van der Waals surface area contributed by atoms with Gasteiger partial charge in [0.05, 0.1) is 0 Å². The van der Waals surface area contributed by atoms with Crippen LogP contribution < -0.4 is 0 Å². The Hall–Kier alpha value is 0.625. The summed E-state index contributed by atoms with van der Waals surface area (Å²) in [6, 6.07) is 3.07. The third-order valence-electron chi connectivity index (χ3n) is 2.67. The third-order valence-corrected chi connectivity index (χ3v) is 6.62. The van der Waals surface area contributed by atoms with Gasteiger partial charge in [-0.25, -0.2) is 0 Å². The topological polar surface area (TPSA) is 0 Å². The van der Waals surface area contributed by atoms with Crippen molar-refractivity contribution in [3.63, 3.8) is 0 Å². The van der Waals surface area contributed by atoms with E-state index in [1.54, 1.807) is 0 Å². The van der Waals surface area contributed by atoms with Gasteiger partial charge in [0.2, 0.25) is 0 Å². The monoisotopic (exact) mass is 154 g/mol. The maximum atomic E-state index is 2.54. The van der Waals surface area contributed by atoms with Crippen molar-refractivity contribution in [1.82, 2.24) is 0 Å². The summed E-state index contributed by atoms with van der Waals surface area (Å²) in [5.74, 6) is 0. The molecule has 0 bridgehead atoms. The molecule has 0 N–H and O–H groups in total. The van der Waals surface area contributed by atoms with Gasteiger partial charge in [0.25, 0.3) is 0 Å². The minimum atomic E-state index is -1.11. The van der Waals surface area contributed by atoms with E-state index in [0.717, 1.165) is 6.60 Å². The number of hydrogen-bond acceptors (Lipinski definition) is 0. The maximum absolute atomic E-state index is 2.54. The van der Waals surface area contributed by atoms with Crippen molar-refractivity contribution in [2.45, 2.75) is 6.82 Å². The standard InChI is InChI=1S/C6H18B3P/c1-9-6-10(2,3,4)5-7-8-9/h7-8H,5-6H2,1-4H3. The summed E-state index contributed by atoms with van der Waals surface area (Å²) in [5, 5.41) is 0. The molecule has 1 rings (SSSR count). The van der Waals surface area contributed by atoms with Crippen LogP contribution in [0.5, 0.6) is 0 Å². The molecule has 0 aromatic carbocycles. The molecule has 0 spiro atoms. The van der Waals surface area contributed by atoms with Crippen LogP contribution in [-0.4, -0.2) is 53.0 Å². The van der Waals surface area contributed by atoms with Gasteiger partial charge in [-0.3, -0.25) is 0 Å². The van der Waals surface area contributed by atoms with Gasteiger partial charge in [-0.2, -0.15) is 0 Å². The fraction of sp³-hybridized carbons (Fsp3) is 1.00. The van der Waals surface area contributed by atoms with Crippen LogP contribution in [0.4, 0.5) is 0 Å². The average molecular weight is 154 g/mol. The molecule has 0 radical (unpaired) electrons. The van der Waals surface area contributed by atoms with Gasteiger partial charge in [0, 0.05) is 0 Å². The first kappa shape index (κ1) is 8.72. The van der Waals surface area contributed by atoms with Crippen LogP contribution in [0.2, 0.25) is 6.82 Å². The molecule has 1 saturated heterocycles. The van der Waals surface area contributed by atoms with Crippen LogP contribution in [0.25, 0.3) is 0 Å². The van der Waals surface area contributed by atoms with E-state index in [4.69, 9.17) is 0 Å². The summed E-state index contributed by atoms with van der Waals surface area (Å²) in [7, 11) is 2.97. The normalized spacial score (nSPS) is 32.8. The van der Waals surface area contributed by atoms with Gasteiger partial charge in [0.1, 0.15) is 0 Å². The zero-order valence-corrected chi connectivity index (χ0v) is 8.75. The Bertz CT molecular complexity index is 138. The fourth-order valence-corrected chi connectivity index (χ4v) is 6.39. The predicted molar refractivity (Wildman–Crippen MR) is 60.3 cm³/mol. The van der Waals surface area contributed by atoms with Gasteiger partial charge in [-0.05, 0) is 0 Å². The molecule has 56 valence electrons. The molecule has 1 aliphatic rings. The second-order valence-electron chi connectivity index (χ2n) is 5.62. The van der Waals surface area contributed by atoms with E-state index >= 15 is 0 Å². The summed E-state index contributed by atoms with van der Waals surface area (Å²) in [4.78, 5) is 0. The van der Waals surface area contributed by atoms with Gasteiger partial charge in [-0.15, -0.1) is 0 Å². The Balaban J connectivity index is 2.63. The molecule has 0 saturated carbocycles. The van der Waals surface area contributed by atoms with Crippen molar-refractivity contribution in [2.24, 2.45) is 0 Å². The average Bonchev–Trinajstić information content (AvgIpc) is 1.57. The van der Waals surface area contributed by atoms with Crippen LogP contribution in [-0.2, 0) is 0 Å². The van der Waals surface area contributed by atoms with Crippen molar-refractivity contribution in [3.8, 4) is 0 Å². The van der Waals surface area contributed by atoms with Crippen LogP contribution in [0.1, 0.15) is 0 Å². The van der Waals surface area contributed by atoms with Crippen molar-refractivity contribution in [1.29, 1.82) is 0 Å². The summed E-state index contributed by atoms with van der Waals surface area (Å²) < 4.78 is 0. The van der Waals surface area contributed by atoms with E-state index in [1.165, 1.54) is 26.4 Å². The predicted octanol–water partition coefficient (Wildman–Crippen LogP) is 0.349. The van der Waals surface area contributed by atoms with E-state index < -0.39 is 6.60 Å². The third kappa shape index (κ3) is 2.34. The minimum absolute atomic E-state index is 1.01. The Morgan fingerprint density at radius 1 is 1.30 bits per heavy atom. The Kier molecular flexibility index (Phi) is 2.01. The molecule has 1 heterocycles. The first-order valence-electron chi connectivity index (χ1n) is 4.37. The zero-order valence-electron chi connectivity index (χ0n) is 7.85. The van der Waals surface area contributed by atoms with Crippen LogP contribution in [0.15, 0.2) is 0 Å². The van der Waals surface area contributed by atoms with E-state index in [1.807, 2.05) is 0 Å². The molecule has 0 amide bonds. The van der Waals surface area contributed by atoms with Gasteiger partial charge >= 0.3 is 66.4 Å². The molecule has 0 aliphatic carbocycles. The molecule has 1 aliphatic heterocycles. The van der Waals surface area contributed by atoms with E-state index in [-0.39, 0.29) is 0 Å². The van der Waals surface area contributed by atoms with E-state index in [9.17, 15) is 0 Å². The Labute approximate surface area is 67.0 Å². The van der Waals surface area contributed by atoms with Crippen molar-refractivity contribution in [2.75, 3.05) is 32.1 Å². The van der Waals surface area contributed by atoms with Crippen molar-refractivity contribution in [3.05, 3.63) is 0 Å². The number of rotatable bonds is 0. The SMILES string of the molecule is CB1BBCP(C)(C)(C)C1. The number of hydrogen-bond donors (Lipinski definition) is 0. The second-order valence-corrected chi connectivity index (χ2v) is 13.4. The van der Waals surface area contributed by atoms with Gasteiger partial charge in [-0.1, -0.05) is 0 Å². The summed E-state index contributed by atoms with van der Waals surface area (Å²) in [5.41, 5.74) is 0. The van der Waals surface area contributed by atoms with Gasteiger partial charge < -0.3 is 0 Å². The fourth-order valence-electron chi connectivity index (χ4n) is 2.36. The first-order chi connectivity index (χ1) is 4.37. The van der Waals surface area contributed by atoms with E-state index in [0.29, 0.717) is 0 Å². The summed E-state index contributed by atoms with van der Waals surface area (Å²) >= 11 is 0. The van der Waals surface area contributed by atoms with Crippen molar-refractivity contribution >= 4 is 27.4 Å². The van der Waals surface area contributed by atoms with Crippen LogP contribution >= 0.6 is 6.60 Å². The van der Waals surface area contributed by atoms with Crippen molar-refractivity contribution < 1.29 is 0 Å². The summed E-state index contributed by atoms with van der Waals surface area (Å²) in [6.07, 6.45) is 0. The zero-order chi connectivity index (χ0) is 7.85. The molecular formula is C6H18B3P. The molecule has 0 unspecified atom stereocenters.